The van der Waals surface area contributed by atoms with Crippen molar-refractivity contribution in [2.75, 3.05) is 4.72 Å². The van der Waals surface area contributed by atoms with Crippen molar-refractivity contribution in [3.05, 3.63) is 70.4 Å². The van der Waals surface area contributed by atoms with Crippen molar-refractivity contribution < 1.29 is 18.0 Å². The molecule has 2 amide bonds. The number of benzene rings is 2. The molecule has 0 fully saturated rings. The van der Waals surface area contributed by atoms with Gasteiger partial charge in [0.1, 0.15) is 0 Å². The molecule has 2 aliphatic rings. The van der Waals surface area contributed by atoms with Gasteiger partial charge in [-0.3, -0.25) is 14.3 Å². The number of nitrogens with zero attached hydrogens (tertiary/aromatic N) is 2. The van der Waals surface area contributed by atoms with E-state index < -0.39 is 28.1 Å². The van der Waals surface area contributed by atoms with Gasteiger partial charge in [-0.15, -0.1) is 0 Å². The van der Waals surface area contributed by atoms with Crippen LogP contribution in [0.4, 0.5) is 5.69 Å². The predicted octanol–water partition coefficient (Wildman–Crippen LogP) is 3.90. The molecule has 2 N–H and O–H groups in total. The molecule has 0 aliphatic carbocycles. The van der Waals surface area contributed by atoms with Gasteiger partial charge in [-0.2, -0.15) is 0 Å². The lowest BCUT2D eigenvalue weighted by atomic mass is 9.87. The molecule has 2 aliphatic heterocycles. The fourth-order valence-corrected chi connectivity index (χ4v) is 4.96. The Balaban J connectivity index is 1.70. The summed E-state index contributed by atoms with van der Waals surface area (Å²) in [5.41, 5.74) is 1.28. The summed E-state index contributed by atoms with van der Waals surface area (Å²) in [5.74, 6) is -1.34. The predicted molar refractivity (Wildman–Crippen MR) is 127 cm³/mol. The van der Waals surface area contributed by atoms with Crippen molar-refractivity contribution >= 4 is 44.8 Å². The lowest BCUT2D eigenvalue weighted by Crippen LogP contribution is -2.47. The fourth-order valence-electron chi connectivity index (χ4n) is 3.65. The number of rotatable bonds is 4. The van der Waals surface area contributed by atoms with Gasteiger partial charge in [0.15, 0.2) is 0 Å². The van der Waals surface area contributed by atoms with E-state index in [2.05, 4.69) is 15.0 Å². The Morgan fingerprint density at radius 3 is 2.27 bits per heavy atom. The van der Waals surface area contributed by atoms with Gasteiger partial charge in [-0.05, 0) is 48.2 Å². The number of amides is 2. The Kier molecular flexibility index (Phi) is 5.58. The van der Waals surface area contributed by atoms with Crippen molar-refractivity contribution in [1.29, 1.82) is 0 Å². The van der Waals surface area contributed by atoms with Crippen LogP contribution in [0.1, 0.15) is 54.0 Å². The van der Waals surface area contributed by atoms with Crippen LogP contribution in [0.15, 0.2) is 58.6 Å². The largest absolute Gasteiger partial charge is 0.353 e. The minimum Gasteiger partial charge on any atom is -0.353 e. The van der Waals surface area contributed by atoms with Crippen molar-refractivity contribution in [2.45, 2.75) is 44.3 Å². The van der Waals surface area contributed by atoms with Gasteiger partial charge < -0.3 is 5.32 Å². The number of fused-ring (bicyclic) bond motifs is 1. The molecule has 1 unspecified atom stereocenters. The molecule has 10 heteroatoms. The molecule has 2 aromatic carbocycles. The first-order chi connectivity index (χ1) is 15.4. The first kappa shape index (κ1) is 23.0. The van der Waals surface area contributed by atoms with E-state index in [1.54, 1.807) is 31.3 Å². The summed E-state index contributed by atoms with van der Waals surface area (Å²) >= 11 is 6.24. The smallest absolute Gasteiger partial charge is 0.266 e. The van der Waals surface area contributed by atoms with E-state index in [-0.39, 0.29) is 32.1 Å². The number of carbonyl (C=O) groups is 2. The summed E-state index contributed by atoms with van der Waals surface area (Å²) in [6.07, 6.45) is 2.34. The average Bonchev–Trinajstić information content (AvgIpc) is 3.01. The van der Waals surface area contributed by atoms with Crippen LogP contribution in [0.5, 0.6) is 0 Å². The minimum absolute atomic E-state index is 0.0257. The molecule has 0 saturated heterocycles. The SMILES string of the molecule is CC1=NC(N2C(=O)c3c(Cl)ccc(NS(=O)(=O)c4ccc(C(C)(C)C)cc4)c3C2=O)NC=C1. The lowest BCUT2D eigenvalue weighted by molar-refractivity contribution is 0.0573. The Hall–Kier alpha value is -3.17. The zero-order valence-corrected chi connectivity index (χ0v) is 20.1. The third-order valence-corrected chi connectivity index (χ3v) is 7.13. The van der Waals surface area contributed by atoms with E-state index in [4.69, 9.17) is 11.6 Å². The van der Waals surface area contributed by atoms with Gasteiger partial charge in [0.05, 0.1) is 26.7 Å². The fraction of sp³-hybridized carbons (Fsp3) is 0.261. The molecular weight excluding hydrogens is 464 g/mol. The number of carbonyl (C=O) groups excluding carboxylic acids is 2. The molecule has 0 radical (unpaired) electrons. The first-order valence-corrected chi connectivity index (χ1v) is 12.1. The summed E-state index contributed by atoms with van der Waals surface area (Å²) in [7, 11) is -4.03. The molecule has 8 nitrogen and oxygen atoms in total. The molecule has 2 heterocycles. The highest BCUT2D eigenvalue weighted by molar-refractivity contribution is 7.92. The van der Waals surface area contributed by atoms with Gasteiger partial charge in [0.25, 0.3) is 21.8 Å². The summed E-state index contributed by atoms with van der Waals surface area (Å²) < 4.78 is 28.6. The van der Waals surface area contributed by atoms with Crippen LogP contribution in [0.25, 0.3) is 0 Å². The number of sulfonamides is 1. The molecule has 33 heavy (non-hydrogen) atoms. The number of halogens is 1. The molecule has 0 bridgehead atoms. The number of aliphatic imine (C=N–C) groups is 1. The standard InChI is InChI=1S/C23H23ClN4O4S/c1-13-11-12-25-22(26-13)28-20(29)18-16(24)9-10-17(19(18)21(28)30)27-33(31,32)15-7-5-14(6-8-15)23(2,3)4/h5-12,22,25,27H,1-4H3. The topological polar surface area (TPSA) is 108 Å². The zero-order chi connectivity index (χ0) is 24.1. The minimum atomic E-state index is -4.03. The third-order valence-electron chi connectivity index (χ3n) is 5.44. The highest BCUT2D eigenvalue weighted by Gasteiger charge is 2.44. The number of imide groups is 1. The maximum atomic E-state index is 13.2. The number of hydrogen-bond acceptors (Lipinski definition) is 6. The maximum Gasteiger partial charge on any atom is 0.266 e. The quantitative estimate of drug-likeness (QED) is 0.637. The number of nitrogens with one attached hydrogen (secondary N) is 2. The van der Waals surface area contributed by atoms with Crippen LogP contribution < -0.4 is 10.0 Å². The maximum absolute atomic E-state index is 13.2. The van der Waals surface area contributed by atoms with Crippen LogP contribution in [0.2, 0.25) is 5.02 Å². The molecule has 0 spiro atoms. The van der Waals surface area contributed by atoms with E-state index in [1.807, 2.05) is 20.8 Å². The second-order valence-corrected chi connectivity index (χ2v) is 10.9. The van der Waals surface area contributed by atoms with Crippen LogP contribution in [0, 0.1) is 0 Å². The summed E-state index contributed by atoms with van der Waals surface area (Å²) in [4.78, 5) is 31.5. The van der Waals surface area contributed by atoms with Gasteiger partial charge in [0.2, 0.25) is 6.29 Å². The van der Waals surface area contributed by atoms with Gasteiger partial charge in [-0.1, -0.05) is 44.5 Å². The molecule has 2 aromatic rings. The number of hydrogen-bond donors (Lipinski definition) is 2. The van der Waals surface area contributed by atoms with E-state index >= 15 is 0 Å². The monoisotopic (exact) mass is 486 g/mol. The Bertz CT molecular complexity index is 1330. The number of allylic oxidation sites excluding steroid dienone is 1. The van der Waals surface area contributed by atoms with Gasteiger partial charge in [-0.25, -0.2) is 18.3 Å². The van der Waals surface area contributed by atoms with Crippen LogP contribution in [-0.2, 0) is 15.4 Å². The van der Waals surface area contributed by atoms with Gasteiger partial charge in [0, 0.05) is 11.9 Å². The molecule has 4 rings (SSSR count). The van der Waals surface area contributed by atoms with Crippen molar-refractivity contribution in [3.8, 4) is 0 Å². The number of anilines is 1. The second kappa shape index (κ2) is 8.00. The highest BCUT2D eigenvalue weighted by Crippen LogP contribution is 2.36. The summed E-state index contributed by atoms with van der Waals surface area (Å²) in [6.45, 7) is 7.83. The Labute approximate surface area is 197 Å². The second-order valence-electron chi connectivity index (χ2n) is 8.85. The van der Waals surface area contributed by atoms with Crippen molar-refractivity contribution in [3.63, 3.8) is 0 Å². The highest BCUT2D eigenvalue weighted by atomic mass is 35.5. The molecule has 0 aromatic heterocycles. The van der Waals surface area contributed by atoms with Crippen LogP contribution in [-0.4, -0.2) is 37.1 Å². The summed E-state index contributed by atoms with van der Waals surface area (Å²) in [6, 6.07) is 9.28. The molecule has 0 saturated carbocycles. The van der Waals surface area contributed by atoms with Gasteiger partial charge >= 0.3 is 0 Å². The first-order valence-electron chi connectivity index (χ1n) is 10.2. The van der Waals surface area contributed by atoms with Crippen LogP contribution >= 0.6 is 11.6 Å². The Morgan fingerprint density at radius 1 is 1.03 bits per heavy atom. The van der Waals surface area contributed by atoms with Crippen molar-refractivity contribution in [1.82, 2.24) is 10.2 Å². The normalized spacial score (nSPS) is 18.2. The Morgan fingerprint density at radius 2 is 1.67 bits per heavy atom. The molecule has 1 atom stereocenters. The zero-order valence-electron chi connectivity index (χ0n) is 18.5. The van der Waals surface area contributed by atoms with E-state index in [0.29, 0.717) is 5.71 Å². The molecular formula is C23H23ClN4O4S. The molecule has 172 valence electrons. The average molecular weight is 487 g/mol. The summed E-state index contributed by atoms with van der Waals surface area (Å²) in [5, 5.41) is 2.90. The third kappa shape index (κ3) is 4.14. The lowest BCUT2D eigenvalue weighted by Gasteiger charge is -2.25. The van der Waals surface area contributed by atoms with Crippen LogP contribution in [0.3, 0.4) is 0 Å². The van der Waals surface area contributed by atoms with Crippen molar-refractivity contribution in [2.24, 2.45) is 4.99 Å². The van der Waals surface area contributed by atoms with E-state index in [1.165, 1.54) is 24.3 Å². The van der Waals surface area contributed by atoms with E-state index in [9.17, 15) is 18.0 Å². The van der Waals surface area contributed by atoms with E-state index in [0.717, 1.165) is 10.5 Å².